The highest BCUT2D eigenvalue weighted by Crippen LogP contribution is 2.64. The third-order valence-electron chi connectivity index (χ3n) is 11.2. The number of piperidine rings is 1. The number of allylic oxidation sites excluding steroid dienone is 2. The summed E-state index contributed by atoms with van der Waals surface area (Å²) in [5.74, 6) is 2.40. The molecule has 166 valence electrons. The summed E-state index contributed by atoms with van der Waals surface area (Å²) >= 11 is 0. The van der Waals surface area contributed by atoms with Crippen LogP contribution in [0.5, 0.6) is 0 Å². The topological polar surface area (TPSA) is 32.7 Å². The molecule has 7 atom stereocenters. The lowest BCUT2D eigenvalue weighted by atomic mass is 9.58. The van der Waals surface area contributed by atoms with Gasteiger partial charge in [0.15, 0.2) is 0 Å². The SMILES string of the molecule is CN1CCCC2OC3(C=C4CC5C6=C(CCC5C4CC3)CC(O)CC6)C(C)(C)C21C. The molecule has 7 unspecified atom stereocenters. The van der Waals surface area contributed by atoms with Gasteiger partial charge < -0.3 is 9.84 Å². The molecule has 1 saturated carbocycles. The molecule has 0 radical (unpaired) electrons. The number of hydrogen-bond acceptors (Lipinski definition) is 3. The van der Waals surface area contributed by atoms with Crippen LogP contribution in [0.2, 0.25) is 0 Å². The van der Waals surface area contributed by atoms with E-state index in [0.717, 1.165) is 37.0 Å². The van der Waals surface area contributed by atoms with E-state index in [9.17, 15) is 5.11 Å². The van der Waals surface area contributed by atoms with E-state index in [1.54, 1.807) is 16.7 Å². The average Bonchev–Trinajstić information content (AvgIpc) is 3.15. The van der Waals surface area contributed by atoms with E-state index in [1.165, 1.54) is 51.5 Å². The van der Waals surface area contributed by atoms with Crippen LogP contribution in [-0.2, 0) is 4.74 Å². The van der Waals surface area contributed by atoms with Gasteiger partial charge in [-0.25, -0.2) is 0 Å². The predicted molar refractivity (Wildman–Crippen MR) is 120 cm³/mol. The fourth-order valence-corrected chi connectivity index (χ4v) is 9.01. The summed E-state index contributed by atoms with van der Waals surface area (Å²) in [6.07, 6.45) is 14.9. The van der Waals surface area contributed by atoms with Crippen molar-refractivity contribution in [1.29, 1.82) is 0 Å². The van der Waals surface area contributed by atoms with Crippen molar-refractivity contribution in [3.8, 4) is 0 Å². The second-order valence-electron chi connectivity index (χ2n) is 12.2. The molecular formula is C27H41NO2. The zero-order chi connectivity index (χ0) is 20.9. The maximum absolute atomic E-state index is 10.2. The molecule has 3 fully saturated rings. The van der Waals surface area contributed by atoms with Gasteiger partial charge in [0.2, 0.25) is 0 Å². The minimum Gasteiger partial charge on any atom is -0.393 e. The molecule has 0 aromatic heterocycles. The number of fused-ring (bicyclic) bond motifs is 5. The van der Waals surface area contributed by atoms with E-state index in [2.05, 4.69) is 38.8 Å². The van der Waals surface area contributed by atoms with E-state index in [0.29, 0.717) is 6.10 Å². The zero-order valence-corrected chi connectivity index (χ0v) is 19.5. The first-order valence-corrected chi connectivity index (χ1v) is 12.8. The quantitative estimate of drug-likeness (QED) is 0.553. The summed E-state index contributed by atoms with van der Waals surface area (Å²) in [6.45, 7) is 8.67. The van der Waals surface area contributed by atoms with Crippen molar-refractivity contribution in [1.82, 2.24) is 4.90 Å². The van der Waals surface area contributed by atoms with Crippen molar-refractivity contribution in [2.45, 2.75) is 108 Å². The minimum absolute atomic E-state index is 0.0831. The molecule has 2 saturated heterocycles. The third-order valence-corrected chi connectivity index (χ3v) is 11.2. The highest BCUT2D eigenvalue weighted by molar-refractivity contribution is 5.37. The number of likely N-dealkylation sites (N-methyl/N-ethyl adjacent to an activating group) is 1. The Morgan fingerprint density at radius 3 is 2.67 bits per heavy atom. The van der Waals surface area contributed by atoms with E-state index < -0.39 is 0 Å². The van der Waals surface area contributed by atoms with E-state index in [-0.39, 0.29) is 22.7 Å². The molecule has 0 aromatic carbocycles. The third kappa shape index (κ3) is 2.38. The summed E-state index contributed by atoms with van der Waals surface area (Å²) in [5.41, 5.74) is 5.26. The molecule has 2 aliphatic heterocycles. The predicted octanol–water partition coefficient (Wildman–Crippen LogP) is 5.24. The Kier molecular flexibility index (Phi) is 4.30. The summed E-state index contributed by atoms with van der Waals surface area (Å²) in [4.78, 5) is 2.61. The van der Waals surface area contributed by atoms with Crippen LogP contribution in [-0.4, -0.2) is 46.9 Å². The Morgan fingerprint density at radius 1 is 1.03 bits per heavy atom. The summed E-state index contributed by atoms with van der Waals surface area (Å²) < 4.78 is 7.10. The first-order valence-electron chi connectivity index (χ1n) is 12.8. The van der Waals surface area contributed by atoms with Crippen LogP contribution in [0.15, 0.2) is 22.8 Å². The molecule has 0 bridgehead atoms. The summed E-state index contributed by atoms with van der Waals surface area (Å²) in [6, 6.07) is 0. The van der Waals surface area contributed by atoms with Gasteiger partial charge in [0.05, 0.1) is 23.3 Å². The van der Waals surface area contributed by atoms with Crippen LogP contribution >= 0.6 is 0 Å². The van der Waals surface area contributed by atoms with Gasteiger partial charge >= 0.3 is 0 Å². The molecule has 3 heteroatoms. The van der Waals surface area contributed by atoms with Crippen molar-refractivity contribution in [3.63, 3.8) is 0 Å². The van der Waals surface area contributed by atoms with Crippen LogP contribution in [0.25, 0.3) is 0 Å². The number of aliphatic hydroxyl groups is 1. The van der Waals surface area contributed by atoms with Gasteiger partial charge in [0, 0.05) is 5.41 Å². The Morgan fingerprint density at radius 2 is 1.87 bits per heavy atom. The monoisotopic (exact) mass is 411 g/mol. The number of ether oxygens (including phenoxy) is 1. The fourth-order valence-electron chi connectivity index (χ4n) is 9.01. The first kappa shape index (κ1) is 20.0. The smallest absolute Gasteiger partial charge is 0.0939 e. The number of rotatable bonds is 0. The fraction of sp³-hybridized carbons (Fsp3) is 0.852. The maximum atomic E-state index is 10.2. The number of likely N-dealkylation sites (tertiary alicyclic amines) is 1. The van der Waals surface area contributed by atoms with E-state index in [1.807, 2.05) is 0 Å². The van der Waals surface area contributed by atoms with Gasteiger partial charge in [-0.2, -0.15) is 0 Å². The van der Waals surface area contributed by atoms with Gasteiger partial charge in [-0.15, -0.1) is 0 Å². The largest absolute Gasteiger partial charge is 0.393 e. The Hall–Kier alpha value is -0.640. The van der Waals surface area contributed by atoms with Gasteiger partial charge in [-0.05, 0) is 102 Å². The highest BCUT2D eigenvalue weighted by Gasteiger charge is 2.68. The van der Waals surface area contributed by atoms with Crippen molar-refractivity contribution in [2.24, 2.45) is 23.2 Å². The molecule has 1 spiro atoms. The van der Waals surface area contributed by atoms with Gasteiger partial charge in [0.25, 0.3) is 0 Å². The standard InChI is InChI=1S/C27H41NO2/c1-25(2)26(3)24(6-5-13-28(26)4)30-27(25)12-11-21-18(16-27)15-23-20-10-8-19(29)14-17(20)7-9-22(21)23/h16,19,21-24,29H,5-15H2,1-4H3. The van der Waals surface area contributed by atoms with Crippen LogP contribution in [0, 0.1) is 23.2 Å². The van der Waals surface area contributed by atoms with Crippen molar-refractivity contribution >= 4 is 0 Å². The lowest BCUT2D eigenvalue weighted by Crippen LogP contribution is -2.63. The number of hydrogen-bond donors (Lipinski definition) is 1. The van der Waals surface area contributed by atoms with E-state index >= 15 is 0 Å². The average molecular weight is 412 g/mol. The molecule has 6 aliphatic rings. The van der Waals surface area contributed by atoms with Crippen molar-refractivity contribution < 1.29 is 9.84 Å². The molecule has 6 rings (SSSR count). The van der Waals surface area contributed by atoms with Crippen LogP contribution in [0.1, 0.15) is 85.0 Å². The zero-order valence-electron chi connectivity index (χ0n) is 19.5. The lowest BCUT2D eigenvalue weighted by Gasteiger charge is -2.53. The van der Waals surface area contributed by atoms with Crippen LogP contribution in [0.4, 0.5) is 0 Å². The summed E-state index contributed by atoms with van der Waals surface area (Å²) in [7, 11) is 2.32. The van der Waals surface area contributed by atoms with Gasteiger partial charge in [0.1, 0.15) is 0 Å². The molecule has 1 N–H and O–H groups in total. The molecule has 2 heterocycles. The molecule has 4 aliphatic carbocycles. The maximum Gasteiger partial charge on any atom is 0.0939 e. The van der Waals surface area contributed by atoms with Gasteiger partial charge in [-0.3, -0.25) is 4.90 Å². The van der Waals surface area contributed by atoms with Crippen LogP contribution < -0.4 is 0 Å². The minimum atomic E-state index is -0.0929. The lowest BCUT2D eigenvalue weighted by molar-refractivity contribution is -0.0644. The molecule has 0 aromatic rings. The second kappa shape index (κ2) is 6.45. The van der Waals surface area contributed by atoms with Crippen molar-refractivity contribution in [3.05, 3.63) is 22.8 Å². The number of aliphatic hydroxyl groups excluding tert-OH is 1. The first-order chi connectivity index (χ1) is 14.3. The van der Waals surface area contributed by atoms with Crippen molar-refractivity contribution in [2.75, 3.05) is 13.6 Å². The molecule has 0 amide bonds. The normalized spacial score (nSPS) is 50.0. The summed E-state index contributed by atoms with van der Waals surface area (Å²) in [5, 5.41) is 10.2. The Bertz CT molecular complexity index is 812. The van der Waals surface area contributed by atoms with Crippen LogP contribution in [0.3, 0.4) is 0 Å². The number of nitrogens with zero attached hydrogens (tertiary/aromatic N) is 1. The molecule has 3 nitrogen and oxygen atoms in total. The van der Waals surface area contributed by atoms with Gasteiger partial charge in [-0.1, -0.05) is 36.6 Å². The highest BCUT2D eigenvalue weighted by atomic mass is 16.5. The second-order valence-corrected chi connectivity index (χ2v) is 12.2. The Balaban J connectivity index is 1.36. The molecule has 30 heavy (non-hydrogen) atoms. The Labute approximate surface area is 182 Å². The van der Waals surface area contributed by atoms with E-state index in [4.69, 9.17) is 4.74 Å². The molecular weight excluding hydrogens is 370 g/mol.